The quantitative estimate of drug-likeness (QED) is 0.855. The van der Waals surface area contributed by atoms with E-state index in [4.69, 9.17) is 0 Å². The molecule has 1 amide bonds. The lowest BCUT2D eigenvalue weighted by Crippen LogP contribution is -2.49. The highest BCUT2D eigenvalue weighted by Crippen LogP contribution is 2.32. The molecule has 1 fully saturated rings. The summed E-state index contributed by atoms with van der Waals surface area (Å²) in [5.41, 5.74) is 2.74. The van der Waals surface area contributed by atoms with Gasteiger partial charge < -0.3 is 4.90 Å². The number of rotatable bonds is 3. The van der Waals surface area contributed by atoms with Crippen molar-refractivity contribution in [1.82, 2.24) is 9.80 Å². The number of hydrogen-bond donors (Lipinski definition) is 0. The second kappa shape index (κ2) is 6.93. The van der Waals surface area contributed by atoms with Gasteiger partial charge in [-0.1, -0.05) is 48.6 Å². The van der Waals surface area contributed by atoms with Crippen LogP contribution in [0.3, 0.4) is 0 Å². The maximum Gasteiger partial charge on any atom is 0.219 e. The molecule has 1 heterocycles. The van der Waals surface area contributed by atoms with Gasteiger partial charge in [-0.3, -0.25) is 9.69 Å². The minimum Gasteiger partial charge on any atom is -0.340 e. The van der Waals surface area contributed by atoms with Gasteiger partial charge >= 0.3 is 0 Å². The number of nitrogens with zero attached hydrogens (tertiary/aromatic N) is 2. The number of hydrogen-bond acceptors (Lipinski definition) is 2. The third-order valence-electron chi connectivity index (χ3n) is 4.58. The number of piperazine rings is 1. The Morgan fingerprint density at radius 3 is 2.36 bits per heavy atom. The zero-order valence-corrected chi connectivity index (χ0v) is 13.2. The van der Waals surface area contributed by atoms with Crippen molar-refractivity contribution in [2.75, 3.05) is 26.2 Å². The Morgan fingerprint density at radius 1 is 1.05 bits per heavy atom. The van der Waals surface area contributed by atoms with E-state index < -0.39 is 0 Å². The molecular weight excluding hydrogens is 272 g/mol. The van der Waals surface area contributed by atoms with Crippen LogP contribution in [0.5, 0.6) is 0 Å². The van der Waals surface area contributed by atoms with Crippen molar-refractivity contribution in [1.29, 1.82) is 0 Å². The highest BCUT2D eigenvalue weighted by atomic mass is 16.2. The molecule has 1 atom stereocenters. The maximum absolute atomic E-state index is 11.5. The van der Waals surface area contributed by atoms with Gasteiger partial charge in [-0.15, -0.1) is 0 Å². The van der Waals surface area contributed by atoms with Gasteiger partial charge in [-0.05, 0) is 24.0 Å². The van der Waals surface area contributed by atoms with E-state index in [-0.39, 0.29) is 5.91 Å². The molecule has 22 heavy (non-hydrogen) atoms. The van der Waals surface area contributed by atoms with E-state index in [0.29, 0.717) is 6.04 Å². The molecule has 0 saturated carbocycles. The fourth-order valence-corrected chi connectivity index (χ4v) is 3.38. The molecule has 1 aromatic rings. The Kier molecular flexibility index (Phi) is 4.74. The van der Waals surface area contributed by atoms with Crippen molar-refractivity contribution in [3.8, 4) is 0 Å². The fourth-order valence-electron chi connectivity index (χ4n) is 3.38. The molecule has 1 aliphatic carbocycles. The molecule has 1 aromatic carbocycles. The van der Waals surface area contributed by atoms with E-state index in [1.165, 1.54) is 11.1 Å². The molecule has 2 aliphatic rings. The molecule has 0 N–H and O–H groups in total. The molecule has 1 unspecified atom stereocenters. The van der Waals surface area contributed by atoms with Gasteiger partial charge in [0.25, 0.3) is 0 Å². The third-order valence-corrected chi connectivity index (χ3v) is 4.58. The summed E-state index contributed by atoms with van der Waals surface area (Å²) in [5, 5.41) is 0. The second-order valence-corrected chi connectivity index (χ2v) is 6.04. The Morgan fingerprint density at radius 2 is 1.77 bits per heavy atom. The van der Waals surface area contributed by atoms with Gasteiger partial charge in [-0.2, -0.15) is 0 Å². The van der Waals surface area contributed by atoms with E-state index in [0.717, 1.165) is 39.0 Å². The van der Waals surface area contributed by atoms with E-state index in [9.17, 15) is 4.79 Å². The first kappa shape index (κ1) is 15.0. The van der Waals surface area contributed by atoms with Crippen molar-refractivity contribution in [3.05, 3.63) is 59.7 Å². The smallest absolute Gasteiger partial charge is 0.219 e. The molecule has 1 aliphatic heterocycles. The number of allylic oxidation sites excluding steroid dienone is 2. The summed E-state index contributed by atoms with van der Waals surface area (Å²) in [4.78, 5) is 16.0. The number of carbonyl (C=O) groups excluding carboxylic acids is 1. The van der Waals surface area contributed by atoms with Crippen molar-refractivity contribution in [2.24, 2.45) is 0 Å². The molecule has 3 rings (SSSR count). The zero-order chi connectivity index (χ0) is 15.4. The minimum absolute atomic E-state index is 0.188. The molecule has 0 spiro atoms. The first-order valence-electron chi connectivity index (χ1n) is 8.17. The predicted molar refractivity (Wildman–Crippen MR) is 89.5 cm³/mol. The van der Waals surface area contributed by atoms with Gasteiger partial charge in [0.2, 0.25) is 5.91 Å². The maximum atomic E-state index is 11.5. The summed E-state index contributed by atoms with van der Waals surface area (Å²) >= 11 is 0. The molecule has 3 nitrogen and oxygen atoms in total. The van der Waals surface area contributed by atoms with Crippen molar-refractivity contribution < 1.29 is 4.79 Å². The zero-order valence-electron chi connectivity index (χ0n) is 13.2. The Balaban J connectivity index is 1.82. The standard InChI is InChI=1S/C19H24N2O/c1-16(22)20-12-14-21(15-13-20)19(17-8-4-2-5-9-17)18-10-6-3-7-11-18/h2,4-6,8-11,19H,3,7,12-15H2,1H3. The van der Waals surface area contributed by atoms with E-state index >= 15 is 0 Å². The van der Waals surface area contributed by atoms with Crippen LogP contribution < -0.4 is 0 Å². The Hall–Kier alpha value is -1.87. The van der Waals surface area contributed by atoms with Gasteiger partial charge in [0.15, 0.2) is 0 Å². The van der Waals surface area contributed by atoms with Crippen LogP contribution >= 0.6 is 0 Å². The van der Waals surface area contributed by atoms with Crippen LogP contribution in [0.25, 0.3) is 0 Å². The highest BCUT2D eigenvalue weighted by molar-refractivity contribution is 5.73. The van der Waals surface area contributed by atoms with Crippen LogP contribution in [0, 0.1) is 0 Å². The molecular formula is C19H24N2O. The molecule has 0 radical (unpaired) electrons. The SMILES string of the molecule is CC(=O)N1CCN(C(C2=CCCC=C2)c2ccccc2)CC1. The topological polar surface area (TPSA) is 23.6 Å². The van der Waals surface area contributed by atoms with Crippen LogP contribution in [-0.2, 0) is 4.79 Å². The fraction of sp³-hybridized carbons (Fsp3) is 0.421. The largest absolute Gasteiger partial charge is 0.340 e. The van der Waals surface area contributed by atoms with Gasteiger partial charge in [-0.25, -0.2) is 0 Å². The summed E-state index contributed by atoms with van der Waals surface area (Å²) in [6.07, 6.45) is 9.19. The van der Waals surface area contributed by atoms with E-state index in [2.05, 4.69) is 53.5 Å². The van der Waals surface area contributed by atoms with Gasteiger partial charge in [0.05, 0.1) is 6.04 Å². The molecule has 116 valence electrons. The monoisotopic (exact) mass is 296 g/mol. The van der Waals surface area contributed by atoms with Crippen LogP contribution in [0.1, 0.15) is 31.4 Å². The number of amides is 1. The lowest BCUT2D eigenvalue weighted by Gasteiger charge is -2.40. The number of benzene rings is 1. The van der Waals surface area contributed by atoms with Crippen LogP contribution in [-0.4, -0.2) is 41.9 Å². The van der Waals surface area contributed by atoms with Crippen molar-refractivity contribution >= 4 is 5.91 Å². The molecule has 0 bridgehead atoms. The minimum atomic E-state index is 0.188. The average molecular weight is 296 g/mol. The molecule has 1 saturated heterocycles. The first-order chi connectivity index (χ1) is 10.8. The summed E-state index contributed by atoms with van der Waals surface area (Å²) in [7, 11) is 0. The van der Waals surface area contributed by atoms with Crippen LogP contribution in [0.15, 0.2) is 54.1 Å². The van der Waals surface area contributed by atoms with Gasteiger partial charge in [0, 0.05) is 33.1 Å². The Labute approximate surface area is 132 Å². The van der Waals surface area contributed by atoms with Gasteiger partial charge in [0.1, 0.15) is 0 Å². The van der Waals surface area contributed by atoms with E-state index in [1.54, 1.807) is 6.92 Å². The lowest BCUT2D eigenvalue weighted by molar-refractivity contribution is -0.130. The van der Waals surface area contributed by atoms with Crippen LogP contribution in [0.2, 0.25) is 0 Å². The van der Waals surface area contributed by atoms with Crippen molar-refractivity contribution in [2.45, 2.75) is 25.8 Å². The normalized spacial score (nSPS) is 20.6. The second-order valence-electron chi connectivity index (χ2n) is 6.04. The summed E-state index contributed by atoms with van der Waals surface area (Å²) in [6, 6.07) is 11.0. The third kappa shape index (κ3) is 3.30. The number of carbonyl (C=O) groups is 1. The summed E-state index contributed by atoms with van der Waals surface area (Å²) in [6.45, 7) is 5.19. The highest BCUT2D eigenvalue weighted by Gasteiger charge is 2.27. The van der Waals surface area contributed by atoms with E-state index in [1.807, 2.05) is 4.90 Å². The summed E-state index contributed by atoms with van der Waals surface area (Å²) in [5.74, 6) is 0.188. The molecule has 0 aromatic heterocycles. The average Bonchev–Trinajstić information content (AvgIpc) is 2.57. The first-order valence-corrected chi connectivity index (χ1v) is 8.17. The van der Waals surface area contributed by atoms with Crippen LogP contribution in [0.4, 0.5) is 0 Å². The van der Waals surface area contributed by atoms with Crippen molar-refractivity contribution in [3.63, 3.8) is 0 Å². The lowest BCUT2D eigenvalue weighted by atomic mass is 9.92. The predicted octanol–water partition coefficient (Wildman–Crippen LogP) is 3.17. The Bertz CT molecular complexity index is 568. The molecule has 3 heteroatoms. The summed E-state index contributed by atoms with van der Waals surface area (Å²) < 4.78 is 0.